The van der Waals surface area contributed by atoms with Crippen LogP contribution < -0.4 is 0 Å². The number of aliphatic hydroxyl groups is 1. The maximum atomic E-state index is 13.4. The molecule has 0 bridgehead atoms. The Morgan fingerprint density at radius 2 is 1.04 bits per heavy atom. The molecule has 0 aliphatic carbocycles. The lowest BCUT2D eigenvalue weighted by atomic mass is 9.76. The lowest BCUT2D eigenvalue weighted by Gasteiger charge is -2.33. The highest BCUT2D eigenvalue weighted by molar-refractivity contribution is 5.53. The van der Waals surface area contributed by atoms with E-state index in [1.54, 1.807) is 24.3 Å². The molecule has 25 heavy (non-hydrogen) atoms. The van der Waals surface area contributed by atoms with Gasteiger partial charge in [0.15, 0.2) is 0 Å². The second-order valence-electron chi connectivity index (χ2n) is 6.50. The molecule has 0 radical (unpaired) electrons. The van der Waals surface area contributed by atoms with Gasteiger partial charge >= 0.3 is 0 Å². The first-order valence-electron chi connectivity index (χ1n) is 8.15. The van der Waals surface area contributed by atoms with Crippen molar-refractivity contribution in [1.82, 2.24) is 0 Å². The van der Waals surface area contributed by atoms with Gasteiger partial charge in [-0.15, -0.1) is 0 Å². The highest BCUT2D eigenvalue weighted by Crippen LogP contribution is 2.40. The molecule has 3 aromatic rings. The summed E-state index contributed by atoms with van der Waals surface area (Å²) in [4.78, 5) is 0. The quantitative estimate of drug-likeness (QED) is 0.653. The third kappa shape index (κ3) is 3.08. The average Bonchev–Trinajstić information content (AvgIpc) is 2.54. The van der Waals surface area contributed by atoms with E-state index in [2.05, 4.69) is 0 Å². The van der Waals surface area contributed by atoms with Gasteiger partial charge in [-0.25, -0.2) is 8.78 Å². The number of hydrogen-bond donors (Lipinski definition) is 1. The standard InChI is InChI=1S/C22H20F2O/c1-14-12-15(2)21(16(3)13-14)22(25,17-4-8-19(23)9-5-17)18-6-10-20(24)11-7-18/h4-13,25H,1-3H3. The van der Waals surface area contributed by atoms with Gasteiger partial charge in [0, 0.05) is 0 Å². The molecule has 0 aliphatic heterocycles. The first kappa shape index (κ1) is 17.3. The van der Waals surface area contributed by atoms with Gasteiger partial charge in [0.05, 0.1) is 0 Å². The third-order valence-corrected chi connectivity index (χ3v) is 4.56. The minimum Gasteiger partial charge on any atom is -0.376 e. The fourth-order valence-electron chi connectivity index (χ4n) is 3.59. The molecule has 0 spiro atoms. The van der Waals surface area contributed by atoms with Crippen molar-refractivity contribution < 1.29 is 13.9 Å². The Morgan fingerprint density at radius 3 is 1.40 bits per heavy atom. The molecular formula is C22H20F2O. The second-order valence-corrected chi connectivity index (χ2v) is 6.50. The molecule has 0 fully saturated rings. The molecule has 128 valence electrons. The Balaban J connectivity index is 2.33. The van der Waals surface area contributed by atoms with E-state index in [9.17, 15) is 13.9 Å². The van der Waals surface area contributed by atoms with Gasteiger partial charge in [0.2, 0.25) is 0 Å². The lowest BCUT2D eigenvalue weighted by Crippen LogP contribution is -2.31. The van der Waals surface area contributed by atoms with Crippen molar-refractivity contribution >= 4 is 0 Å². The Hall–Kier alpha value is -2.52. The van der Waals surface area contributed by atoms with Crippen LogP contribution >= 0.6 is 0 Å². The van der Waals surface area contributed by atoms with Gasteiger partial charge < -0.3 is 5.11 Å². The third-order valence-electron chi connectivity index (χ3n) is 4.56. The van der Waals surface area contributed by atoms with Crippen LogP contribution in [0, 0.1) is 32.4 Å². The van der Waals surface area contributed by atoms with E-state index in [1.807, 2.05) is 32.9 Å². The van der Waals surface area contributed by atoms with Crippen molar-refractivity contribution in [3.05, 3.63) is 106 Å². The topological polar surface area (TPSA) is 20.2 Å². The molecule has 0 aromatic heterocycles. The summed E-state index contributed by atoms with van der Waals surface area (Å²) in [5.41, 5.74) is 3.26. The Morgan fingerprint density at radius 1 is 0.680 bits per heavy atom. The van der Waals surface area contributed by atoms with Crippen LogP contribution in [0.2, 0.25) is 0 Å². The molecule has 0 amide bonds. The maximum absolute atomic E-state index is 13.4. The van der Waals surface area contributed by atoms with Crippen LogP contribution in [-0.2, 0) is 5.60 Å². The number of aryl methyl sites for hydroxylation is 3. The van der Waals surface area contributed by atoms with E-state index in [1.165, 1.54) is 24.3 Å². The Labute approximate surface area is 146 Å². The molecule has 1 N–H and O–H groups in total. The molecule has 3 heteroatoms. The van der Waals surface area contributed by atoms with E-state index >= 15 is 0 Å². The van der Waals surface area contributed by atoms with E-state index in [0.29, 0.717) is 11.1 Å². The monoisotopic (exact) mass is 338 g/mol. The molecule has 0 aliphatic rings. The average molecular weight is 338 g/mol. The minimum atomic E-state index is -1.50. The molecule has 3 aromatic carbocycles. The number of hydrogen-bond acceptors (Lipinski definition) is 1. The van der Waals surface area contributed by atoms with Gasteiger partial charge in [-0.3, -0.25) is 0 Å². The summed E-state index contributed by atoms with van der Waals surface area (Å²) >= 11 is 0. The predicted octanol–water partition coefficient (Wildman–Crippen LogP) is 5.17. The van der Waals surface area contributed by atoms with E-state index in [-0.39, 0.29) is 11.6 Å². The van der Waals surface area contributed by atoms with Crippen LogP contribution in [0.25, 0.3) is 0 Å². The Bertz CT molecular complexity index is 828. The molecule has 0 unspecified atom stereocenters. The van der Waals surface area contributed by atoms with Crippen LogP contribution in [0.5, 0.6) is 0 Å². The molecule has 3 rings (SSSR count). The fourth-order valence-corrected chi connectivity index (χ4v) is 3.59. The van der Waals surface area contributed by atoms with Crippen LogP contribution in [0.4, 0.5) is 8.78 Å². The number of benzene rings is 3. The summed E-state index contributed by atoms with van der Waals surface area (Å²) in [7, 11) is 0. The minimum absolute atomic E-state index is 0.373. The maximum Gasteiger partial charge on any atom is 0.141 e. The van der Waals surface area contributed by atoms with Crippen molar-refractivity contribution in [2.45, 2.75) is 26.4 Å². The van der Waals surface area contributed by atoms with Gasteiger partial charge in [-0.05, 0) is 72.9 Å². The van der Waals surface area contributed by atoms with Gasteiger partial charge in [0.25, 0.3) is 0 Å². The molecule has 0 saturated heterocycles. The van der Waals surface area contributed by atoms with Crippen LogP contribution in [0.3, 0.4) is 0 Å². The zero-order valence-electron chi connectivity index (χ0n) is 14.5. The molecule has 1 nitrogen and oxygen atoms in total. The SMILES string of the molecule is Cc1cc(C)c(C(O)(c2ccc(F)cc2)c2ccc(F)cc2)c(C)c1. The first-order chi connectivity index (χ1) is 11.8. The van der Waals surface area contributed by atoms with Gasteiger partial charge in [-0.2, -0.15) is 0 Å². The normalized spacial score (nSPS) is 11.6. The van der Waals surface area contributed by atoms with Crippen LogP contribution in [-0.4, -0.2) is 5.11 Å². The summed E-state index contributed by atoms with van der Waals surface area (Å²) in [6.07, 6.45) is 0. The van der Waals surface area contributed by atoms with Gasteiger partial charge in [-0.1, -0.05) is 42.0 Å². The van der Waals surface area contributed by atoms with Crippen LogP contribution in [0.15, 0.2) is 60.7 Å². The second kappa shape index (κ2) is 6.41. The molecule has 0 atom stereocenters. The summed E-state index contributed by atoms with van der Waals surface area (Å²) < 4.78 is 26.8. The molecule has 0 heterocycles. The lowest BCUT2D eigenvalue weighted by molar-refractivity contribution is 0.124. The van der Waals surface area contributed by atoms with Crippen molar-refractivity contribution in [3.63, 3.8) is 0 Å². The highest BCUT2D eigenvalue weighted by atomic mass is 19.1. The largest absolute Gasteiger partial charge is 0.376 e. The summed E-state index contributed by atoms with van der Waals surface area (Å²) in [6, 6.07) is 15.6. The van der Waals surface area contributed by atoms with E-state index < -0.39 is 5.60 Å². The molecule has 0 saturated carbocycles. The fraction of sp³-hybridized carbons (Fsp3) is 0.182. The summed E-state index contributed by atoms with van der Waals surface area (Å²) in [6.45, 7) is 5.87. The van der Waals surface area contributed by atoms with Crippen molar-refractivity contribution in [1.29, 1.82) is 0 Å². The van der Waals surface area contributed by atoms with Gasteiger partial charge in [0.1, 0.15) is 17.2 Å². The summed E-state index contributed by atoms with van der Waals surface area (Å²) in [5.74, 6) is -0.745. The zero-order chi connectivity index (χ0) is 18.2. The van der Waals surface area contributed by atoms with Crippen molar-refractivity contribution in [2.75, 3.05) is 0 Å². The van der Waals surface area contributed by atoms with Crippen molar-refractivity contribution in [2.24, 2.45) is 0 Å². The van der Waals surface area contributed by atoms with Crippen LogP contribution in [0.1, 0.15) is 33.4 Å². The smallest absolute Gasteiger partial charge is 0.141 e. The number of rotatable bonds is 3. The zero-order valence-corrected chi connectivity index (χ0v) is 14.5. The molecular weight excluding hydrogens is 318 g/mol. The van der Waals surface area contributed by atoms with Crippen molar-refractivity contribution in [3.8, 4) is 0 Å². The highest BCUT2D eigenvalue weighted by Gasteiger charge is 2.36. The Kier molecular flexibility index (Phi) is 4.44. The van der Waals surface area contributed by atoms with E-state index in [0.717, 1.165) is 22.3 Å². The number of halogens is 2. The summed E-state index contributed by atoms with van der Waals surface area (Å²) in [5, 5.41) is 11.8. The first-order valence-corrected chi connectivity index (χ1v) is 8.15. The van der Waals surface area contributed by atoms with E-state index in [4.69, 9.17) is 0 Å². The predicted molar refractivity (Wildman–Crippen MR) is 95.6 cm³/mol.